The lowest BCUT2D eigenvalue weighted by atomic mass is 9.98. The highest BCUT2D eigenvalue weighted by molar-refractivity contribution is 7.93. The number of hydrogen-bond acceptors (Lipinski definition) is 4. The summed E-state index contributed by atoms with van der Waals surface area (Å²) in [6.45, 7) is 8.35. The number of nitrogens with one attached hydrogen (secondary N) is 1. The molecule has 1 aliphatic rings. The molecule has 1 aliphatic heterocycles. The van der Waals surface area contributed by atoms with Gasteiger partial charge in [0.2, 0.25) is 10.0 Å². The zero-order valence-corrected chi connectivity index (χ0v) is 19.2. The highest BCUT2D eigenvalue weighted by atomic mass is 35.5. The van der Waals surface area contributed by atoms with Crippen molar-refractivity contribution in [1.29, 1.82) is 0 Å². The Balaban J connectivity index is 1.72. The standard InChI is InChI=1S/C22H27ClN2O4S/c1-14(2)19-8-7-18(12-15(19)3)29-16(4)22(26)24-21-13-17(6-9-20(21)23)25-10-5-11-30(25,27)28/h6-9,12-14,16H,5,10-11H2,1-4H3,(H,24,26). The van der Waals surface area contributed by atoms with Crippen LogP contribution in [0.3, 0.4) is 0 Å². The van der Waals surface area contributed by atoms with E-state index in [4.69, 9.17) is 16.3 Å². The maximum atomic E-state index is 12.7. The fourth-order valence-electron chi connectivity index (χ4n) is 3.56. The summed E-state index contributed by atoms with van der Waals surface area (Å²) >= 11 is 6.23. The molecular weight excluding hydrogens is 424 g/mol. The van der Waals surface area contributed by atoms with Crippen LogP contribution >= 0.6 is 11.6 Å². The number of amides is 1. The van der Waals surface area contributed by atoms with E-state index < -0.39 is 16.1 Å². The molecule has 0 radical (unpaired) electrons. The van der Waals surface area contributed by atoms with Crippen LogP contribution in [0.5, 0.6) is 5.75 Å². The molecule has 30 heavy (non-hydrogen) atoms. The number of ether oxygens (including phenoxy) is 1. The number of benzene rings is 2. The van der Waals surface area contributed by atoms with Crippen molar-refractivity contribution in [3.8, 4) is 5.75 Å². The summed E-state index contributed by atoms with van der Waals surface area (Å²) in [6.07, 6.45) is -0.184. The Labute approximate surface area is 183 Å². The van der Waals surface area contributed by atoms with Crippen molar-refractivity contribution in [3.05, 3.63) is 52.5 Å². The van der Waals surface area contributed by atoms with Crippen molar-refractivity contribution in [3.63, 3.8) is 0 Å². The Kier molecular flexibility index (Phi) is 6.62. The fourth-order valence-corrected chi connectivity index (χ4v) is 5.28. The van der Waals surface area contributed by atoms with Crippen molar-refractivity contribution in [2.24, 2.45) is 0 Å². The Bertz CT molecular complexity index is 1050. The quantitative estimate of drug-likeness (QED) is 0.691. The van der Waals surface area contributed by atoms with Crippen LogP contribution in [0.15, 0.2) is 36.4 Å². The van der Waals surface area contributed by atoms with E-state index in [2.05, 4.69) is 19.2 Å². The van der Waals surface area contributed by atoms with Crippen molar-refractivity contribution in [2.75, 3.05) is 21.9 Å². The summed E-state index contributed by atoms with van der Waals surface area (Å²) in [5.74, 6) is 0.775. The Morgan fingerprint density at radius 2 is 1.90 bits per heavy atom. The molecule has 2 aromatic carbocycles. The van der Waals surface area contributed by atoms with Gasteiger partial charge in [-0.2, -0.15) is 0 Å². The van der Waals surface area contributed by atoms with Crippen LogP contribution in [-0.2, 0) is 14.8 Å². The molecule has 0 spiro atoms. The molecule has 2 aromatic rings. The van der Waals surface area contributed by atoms with Gasteiger partial charge in [0.05, 0.1) is 22.2 Å². The molecule has 0 bridgehead atoms. The van der Waals surface area contributed by atoms with Gasteiger partial charge >= 0.3 is 0 Å². The number of halogens is 1. The molecule has 1 saturated heterocycles. The van der Waals surface area contributed by atoms with E-state index >= 15 is 0 Å². The van der Waals surface area contributed by atoms with E-state index in [1.165, 1.54) is 9.87 Å². The highest BCUT2D eigenvalue weighted by Crippen LogP contribution is 2.31. The Hall–Kier alpha value is -2.25. The summed E-state index contributed by atoms with van der Waals surface area (Å²) < 4.78 is 31.5. The molecule has 1 unspecified atom stereocenters. The molecular formula is C22H27ClN2O4S. The first-order chi connectivity index (χ1) is 14.1. The number of hydrogen-bond donors (Lipinski definition) is 1. The zero-order valence-electron chi connectivity index (χ0n) is 17.6. The van der Waals surface area contributed by atoms with Gasteiger partial charge in [0, 0.05) is 6.54 Å². The molecule has 8 heteroatoms. The minimum atomic E-state index is -3.32. The van der Waals surface area contributed by atoms with Gasteiger partial charge in [-0.3, -0.25) is 9.10 Å². The SMILES string of the molecule is Cc1cc(OC(C)C(=O)Nc2cc(N3CCCS3(=O)=O)ccc2Cl)ccc1C(C)C. The molecule has 0 aliphatic carbocycles. The van der Waals surface area contributed by atoms with Crippen LogP contribution < -0.4 is 14.4 Å². The number of carbonyl (C=O) groups is 1. The average molecular weight is 451 g/mol. The van der Waals surface area contributed by atoms with Gasteiger partial charge in [-0.05, 0) is 67.6 Å². The predicted octanol–water partition coefficient (Wildman–Crippen LogP) is 4.72. The van der Waals surface area contributed by atoms with E-state index in [-0.39, 0.29) is 11.7 Å². The topological polar surface area (TPSA) is 75.7 Å². The van der Waals surface area contributed by atoms with Gasteiger partial charge in [0.25, 0.3) is 5.91 Å². The summed E-state index contributed by atoms with van der Waals surface area (Å²) in [7, 11) is -3.32. The summed E-state index contributed by atoms with van der Waals surface area (Å²) in [6, 6.07) is 10.6. The number of nitrogens with zero attached hydrogens (tertiary/aromatic N) is 1. The smallest absolute Gasteiger partial charge is 0.265 e. The minimum absolute atomic E-state index is 0.122. The van der Waals surface area contributed by atoms with E-state index in [0.29, 0.717) is 41.0 Å². The first kappa shape index (κ1) is 22.4. The summed E-state index contributed by atoms with van der Waals surface area (Å²) in [5, 5.41) is 3.08. The third-order valence-corrected chi connectivity index (χ3v) is 7.34. The van der Waals surface area contributed by atoms with Crippen molar-refractivity contribution in [2.45, 2.75) is 46.1 Å². The number of aryl methyl sites for hydroxylation is 1. The van der Waals surface area contributed by atoms with E-state index in [0.717, 1.165) is 5.56 Å². The predicted molar refractivity (Wildman–Crippen MR) is 121 cm³/mol. The molecule has 1 amide bonds. The van der Waals surface area contributed by atoms with E-state index in [1.54, 1.807) is 25.1 Å². The second-order valence-electron chi connectivity index (χ2n) is 7.83. The lowest BCUT2D eigenvalue weighted by Crippen LogP contribution is -2.30. The molecule has 1 N–H and O–H groups in total. The Morgan fingerprint density at radius 1 is 1.17 bits per heavy atom. The lowest BCUT2D eigenvalue weighted by Gasteiger charge is -2.20. The first-order valence-electron chi connectivity index (χ1n) is 9.96. The Morgan fingerprint density at radius 3 is 2.50 bits per heavy atom. The molecule has 1 atom stereocenters. The molecule has 1 heterocycles. The highest BCUT2D eigenvalue weighted by Gasteiger charge is 2.29. The van der Waals surface area contributed by atoms with Gasteiger partial charge in [-0.25, -0.2) is 8.42 Å². The monoisotopic (exact) mass is 450 g/mol. The average Bonchev–Trinajstić information content (AvgIpc) is 3.02. The first-order valence-corrected chi connectivity index (χ1v) is 11.9. The lowest BCUT2D eigenvalue weighted by molar-refractivity contribution is -0.122. The molecule has 0 aromatic heterocycles. The zero-order chi connectivity index (χ0) is 22.1. The normalized spacial score (nSPS) is 16.5. The summed E-state index contributed by atoms with van der Waals surface area (Å²) in [5.41, 5.74) is 3.18. The van der Waals surface area contributed by atoms with Crippen LogP contribution in [-0.4, -0.2) is 32.7 Å². The van der Waals surface area contributed by atoms with Crippen molar-refractivity contribution >= 4 is 38.9 Å². The van der Waals surface area contributed by atoms with Gasteiger partial charge in [0.15, 0.2) is 6.10 Å². The molecule has 3 rings (SSSR count). The number of rotatable bonds is 6. The maximum absolute atomic E-state index is 12.7. The van der Waals surface area contributed by atoms with Crippen molar-refractivity contribution < 1.29 is 17.9 Å². The second kappa shape index (κ2) is 8.86. The molecule has 1 fully saturated rings. The van der Waals surface area contributed by atoms with Crippen LogP contribution in [0, 0.1) is 6.92 Å². The van der Waals surface area contributed by atoms with Crippen molar-refractivity contribution in [1.82, 2.24) is 0 Å². The summed E-state index contributed by atoms with van der Waals surface area (Å²) in [4.78, 5) is 12.7. The van der Waals surface area contributed by atoms with Gasteiger partial charge in [-0.1, -0.05) is 31.5 Å². The maximum Gasteiger partial charge on any atom is 0.265 e. The molecule has 162 valence electrons. The van der Waals surface area contributed by atoms with Crippen LogP contribution in [0.1, 0.15) is 44.2 Å². The minimum Gasteiger partial charge on any atom is -0.481 e. The van der Waals surface area contributed by atoms with Crippen LogP contribution in [0.2, 0.25) is 5.02 Å². The molecule has 6 nitrogen and oxygen atoms in total. The van der Waals surface area contributed by atoms with Gasteiger partial charge < -0.3 is 10.1 Å². The van der Waals surface area contributed by atoms with Gasteiger partial charge in [0.1, 0.15) is 5.75 Å². The van der Waals surface area contributed by atoms with E-state index in [9.17, 15) is 13.2 Å². The number of sulfonamides is 1. The third-order valence-electron chi connectivity index (χ3n) is 5.14. The fraction of sp³-hybridized carbons (Fsp3) is 0.409. The molecule has 0 saturated carbocycles. The van der Waals surface area contributed by atoms with Gasteiger partial charge in [-0.15, -0.1) is 0 Å². The third kappa shape index (κ3) is 4.90. The second-order valence-corrected chi connectivity index (χ2v) is 10.2. The largest absolute Gasteiger partial charge is 0.481 e. The van der Waals surface area contributed by atoms with Crippen LogP contribution in [0.25, 0.3) is 0 Å². The van der Waals surface area contributed by atoms with E-state index in [1.807, 2.05) is 25.1 Å². The number of anilines is 2. The number of carbonyl (C=O) groups excluding carboxylic acids is 1. The van der Waals surface area contributed by atoms with Crippen LogP contribution in [0.4, 0.5) is 11.4 Å².